The lowest BCUT2D eigenvalue weighted by atomic mass is 10.1. The number of carbonyl (C=O) groups is 1. The van der Waals surface area contributed by atoms with Gasteiger partial charge >= 0.3 is 0 Å². The Morgan fingerprint density at radius 2 is 2.38 bits per heavy atom. The minimum absolute atomic E-state index is 0.135. The van der Waals surface area contributed by atoms with Crippen molar-refractivity contribution >= 4 is 17.1 Å². The lowest BCUT2D eigenvalue weighted by Crippen LogP contribution is -2.43. The van der Waals surface area contributed by atoms with E-state index in [0.717, 1.165) is 25.9 Å². The second-order valence-electron chi connectivity index (χ2n) is 4.16. The molecule has 2 rings (SSSR count). The monoisotopic (exact) mass is 239 g/mol. The van der Waals surface area contributed by atoms with Crippen LogP contribution in [0.5, 0.6) is 0 Å². The zero-order chi connectivity index (χ0) is 11.4. The van der Waals surface area contributed by atoms with Crippen molar-refractivity contribution in [2.45, 2.75) is 18.9 Å². The van der Waals surface area contributed by atoms with Gasteiger partial charge in [0.2, 0.25) is 5.78 Å². The fourth-order valence-corrected chi connectivity index (χ4v) is 2.60. The number of nitrogens with zero attached hydrogens (tertiary/aromatic N) is 2. The summed E-state index contributed by atoms with van der Waals surface area (Å²) in [7, 11) is 2.03. The summed E-state index contributed by atoms with van der Waals surface area (Å²) in [6.45, 7) is 2.60. The third-order valence-electron chi connectivity index (χ3n) is 3.00. The number of thiazole rings is 1. The van der Waals surface area contributed by atoms with Gasteiger partial charge in [-0.05, 0) is 33.0 Å². The first-order valence-corrected chi connectivity index (χ1v) is 6.49. The Hall–Kier alpha value is -0.780. The molecule has 0 spiro atoms. The van der Waals surface area contributed by atoms with Crippen LogP contribution in [0.2, 0.25) is 0 Å². The van der Waals surface area contributed by atoms with Crippen LogP contribution in [0.25, 0.3) is 0 Å². The van der Waals surface area contributed by atoms with E-state index in [1.807, 2.05) is 12.4 Å². The van der Waals surface area contributed by atoms with Gasteiger partial charge in [-0.3, -0.25) is 9.69 Å². The van der Waals surface area contributed by atoms with E-state index in [-0.39, 0.29) is 5.78 Å². The predicted molar refractivity (Wildman–Crippen MR) is 65.0 cm³/mol. The Balaban J connectivity index is 1.86. The molecule has 0 unspecified atom stereocenters. The minimum atomic E-state index is 0.135. The van der Waals surface area contributed by atoms with Crippen LogP contribution < -0.4 is 5.32 Å². The van der Waals surface area contributed by atoms with Crippen molar-refractivity contribution < 1.29 is 4.79 Å². The molecule has 1 N–H and O–H groups in total. The molecule has 1 saturated heterocycles. The molecule has 0 aliphatic carbocycles. The summed E-state index contributed by atoms with van der Waals surface area (Å²) in [4.78, 5) is 18.1. The van der Waals surface area contributed by atoms with Gasteiger partial charge in [0, 0.05) is 17.6 Å². The molecule has 1 fully saturated rings. The van der Waals surface area contributed by atoms with Gasteiger partial charge in [0.15, 0.2) is 5.01 Å². The fourth-order valence-electron chi connectivity index (χ4n) is 2.03. The summed E-state index contributed by atoms with van der Waals surface area (Å²) >= 11 is 1.42. The third kappa shape index (κ3) is 2.87. The number of carbonyl (C=O) groups excluding carboxylic acids is 1. The molecule has 0 radical (unpaired) electrons. The van der Waals surface area contributed by atoms with Crippen LogP contribution in [0.1, 0.15) is 22.6 Å². The van der Waals surface area contributed by atoms with Gasteiger partial charge < -0.3 is 5.32 Å². The lowest BCUT2D eigenvalue weighted by molar-refractivity contribution is 0.0903. The number of hydrogen-bond acceptors (Lipinski definition) is 5. The summed E-state index contributed by atoms with van der Waals surface area (Å²) < 4.78 is 0. The van der Waals surface area contributed by atoms with E-state index in [9.17, 15) is 4.79 Å². The summed E-state index contributed by atoms with van der Waals surface area (Å²) in [5.41, 5.74) is 0. The molecule has 1 aliphatic heterocycles. The van der Waals surface area contributed by atoms with Crippen LogP contribution in [-0.4, -0.2) is 48.4 Å². The van der Waals surface area contributed by atoms with Crippen LogP contribution >= 0.6 is 11.3 Å². The van der Waals surface area contributed by atoms with Gasteiger partial charge in [-0.1, -0.05) is 0 Å². The molecule has 0 aromatic carbocycles. The van der Waals surface area contributed by atoms with Crippen molar-refractivity contribution in [3.63, 3.8) is 0 Å². The van der Waals surface area contributed by atoms with Gasteiger partial charge in [-0.15, -0.1) is 11.3 Å². The molecule has 4 nitrogen and oxygen atoms in total. The maximum absolute atomic E-state index is 11.8. The van der Waals surface area contributed by atoms with Crippen molar-refractivity contribution in [2.24, 2.45) is 0 Å². The highest BCUT2D eigenvalue weighted by molar-refractivity contribution is 7.11. The van der Waals surface area contributed by atoms with E-state index in [1.54, 1.807) is 6.20 Å². The number of ketones is 1. The molecule has 0 bridgehead atoms. The first-order valence-electron chi connectivity index (χ1n) is 5.61. The molecule has 16 heavy (non-hydrogen) atoms. The fraction of sp³-hybridized carbons (Fsp3) is 0.636. The van der Waals surface area contributed by atoms with Crippen molar-refractivity contribution in [3.8, 4) is 0 Å². The molecular formula is C11H17N3OS. The lowest BCUT2D eigenvalue weighted by Gasteiger charge is -2.30. The Labute approximate surface area is 99.7 Å². The van der Waals surface area contributed by atoms with Crippen molar-refractivity contribution in [3.05, 3.63) is 16.6 Å². The SMILES string of the molecule is CN(CC(=O)c1nccs1)C1CCNCC1. The molecule has 5 heteroatoms. The Morgan fingerprint density at radius 3 is 3.00 bits per heavy atom. The predicted octanol–water partition coefficient (Wildman–Crippen LogP) is 1.01. The molecule has 1 aromatic heterocycles. The number of nitrogens with one attached hydrogen (secondary N) is 1. The van der Waals surface area contributed by atoms with Crippen molar-refractivity contribution in [2.75, 3.05) is 26.7 Å². The molecule has 1 aliphatic rings. The van der Waals surface area contributed by atoms with E-state index < -0.39 is 0 Å². The van der Waals surface area contributed by atoms with E-state index in [4.69, 9.17) is 0 Å². The van der Waals surface area contributed by atoms with E-state index >= 15 is 0 Å². The van der Waals surface area contributed by atoms with E-state index in [1.165, 1.54) is 11.3 Å². The number of rotatable bonds is 4. The quantitative estimate of drug-likeness (QED) is 0.797. The zero-order valence-corrected chi connectivity index (χ0v) is 10.3. The average Bonchev–Trinajstić information content (AvgIpc) is 2.83. The number of likely N-dealkylation sites (N-methyl/N-ethyl adjacent to an activating group) is 1. The molecular weight excluding hydrogens is 222 g/mol. The maximum atomic E-state index is 11.8. The first kappa shape index (κ1) is 11.7. The van der Waals surface area contributed by atoms with Crippen LogP contribution in [-0.2, 0) is 0 Å². The van der Waals surface area contributed by atoms with Crippen LogP contribution in [0, 0.1) is 0 Å². The van der Waals surface area contributed by atoms with Gasteiger partial charge in [-0.25, -0.2) is 4.98 Å². The molecule has 0 atom stereocenters. The molecule has 88 valence electrons. The Morgan fingerprint density at radius 1 is 1.62 bits per heavy atom. The number of aromatic nitrogens is 1. The van der Waals surface area contributed by atoms with Gasteiger partial charge in [0.1, 0.15) is 0 Å². The van der Waals surface area contributed by atoms with Gasteiger partial charge in [-0.2, -0.15) is 0 Å². The third-order valence-corrected chi connectivity index (χ3v) is 3.81. The Bertz CT molecular complexity index is 333. The minimum Gasteiger partial charge on any atom is -0.317 e. The number of Topliss-reactive ketones (excluding diaryl/α,β-unsaturated/α-hetero) is 1. The van der Waals surface area contributed by atoms with Crippen molar-refractivity contribution in [1.82, 2.24) is 15.2 Å². The largest absolute Gasteiger partial charge is 0.317 e. The van der Waals surface area contributed by atoms with Crippen LogP contribution in [0.3, 0.4) is 0 Å². The van der Waals surface area contributed by atoms with Gasteiger partial charge in [0.05, 0.1) is 6.54 Å². The number of piperidine rings is 1. The normalized spacial score (nSPS) is 17.9. The van der Waals surface area contributed by atoms with Crippen LogP contribution in [0.15, 0.2) is 11.6 Å². The van der Waals surface area contributed by atoms with Crippen molar-refractivity contribution in [1.29, 1.82) is 0 Å². The molecule has 1 aromatic rings. The van der Waals surface area contributed by atoms with E-state index in [2.05, 4.69) is 15.2 Å². The molecule has 0 saturated carbocycles. The highest BCUT2D eigenvalue weighted by Crippen LogP contribution is 2.12. The second-order valence-corrected chi connectivity index (χ2v) is 5.05. The zero-order valence-electron chi connectivity index (χ0n) is 9.48. The highest BCUT2D eigenvalue weighted by atomic mass is 32.1. The van der Waals surface area contributed by atoms with Gasteiger partial charge in [0.25, 0.3) is 0 Å². The second kappa shape index (κ2) is 5.52. The summed E-state index contributed by atoms with van der Waals surface area (Å²) in [5, 5.41) is 5.80. The highest BCUT2D eigenvalue weighted by Gasteiger charge is 2.20. The topological polar surface area (TPSA) is 45.2 Å². The Kier molecular flexibility index (Phi) is 4.04. The maximum Gasteiger partial charge on any atom is 0.205 e. The number of hydrogen-bond donors (Lipinski definition) is 1. The van der Waals surface area contributed by atoms with Crippen LogP contribution in [0.4, 0.5) is 0 Å². The van der Waals surface area contributed by atoms with E-state index in [0.29, 0.717) is 17.6 Å². The smallest absolute Gasteiger partial charge is 0.205 e. The summed E-state index contributed by atoms with van der Waals surface area (Å²) in [6, 6.07) is 0.533. The molecule has 2 heterocycles. The average molecular weight is 239 g/mol. The molecule has 0 amide bonds. The first-order chi connectivity index (χ1) is 7.77. The summed E-state index contributed by atoms with van der Waals surface area (Å²) in [6.07, 6.45) is 3.94. The standard InChI is InChI=1S/C11H17N3OS/c1-14(9-2-4-12-5-3-9)8-10(15)11-13-6-7-16-11/h6-7,9,12H,2-5,8H2,1H3. The summed E-state index contributed by atoms with van der Waals surface area (Å²) in [5.74, 6) is 0.135.